The van der Waals surface area contributed by atoms with Gasteiger partial charge in [0.15, 0.2) is 6.10 Å². The largest absolute Gasteiger partial charge is 0.273 e. The van der Waals surface area contributed by atoms with Crippen molar-refractivity contribution in [1.82, 2.24) is 0 Å². The van der Waals surface area contributed by atoms with E-state index in [2.05, 4.69) is 0 Å². The minimum Gasteiger partial charge on any atom is -0.273 e. The maximum Gasteiger partial charge on any atom is 0.271 e. The topological polar surface area (TPSA) is 93.0 Å². The second-order valence-electron chi connectivity index (χ2n) is 8.18. The van der Waals surface area contributed by atoms with Crippen molar-refractivity contribution >= 4 is 40.5 Å². The molecule has 8 nitrogen and oxygen atoms in total. The van der Waals surface area contributed by atoms with E-state index in [1.165, 1.54) is 17.2 Å². The third kappa shape index (κ3) is 3.61. The van der Waals surface area contributed by atoms with Crippen LogP contribution in [-0.4, -0.2) is 22.8 Å². The van der Waals surface area contributed by atoms with Crippen LogP contribution in [0.4, 0.5) is 17.1 Å². The Labute approximate surface area is 200 Å². The van der Waals surface area contributed by atoms with E-state index in [4.69, 9.17) is 16.4 Å². The molecule has 0 bridgehead atoms. The second-order valence-corrected chi connectivity index (χ2v) is 8.62. The van der Waals surface area contributed by atoms with Gasteiger partial charge in [0, 0.05) is 17.2 Å². The van der Waals surface area contributed by atoms with Gasteiger partial charge in [0.05, 0.1) is 22.3 Å². The summed E-state index contributed by atoms with van der Waals surface area (Å²) in [4.78, 5) is 45.0. The van der Waals surface area contributed by atoms with Crippen molar-refractivity contribution in [3.63, 3.8) is 0 Å². The number of carbonyl (C=O) groups excluding carboxylic acids is 2. The van der Waals surface area contributed by atoms with E-state index in [1.54, 1.807) is 36.4 Å². The van der Waals surface area contributed by atoms with Gasteiger partial charge in [-0.1, -0.05) is 48.9 Å². The van der Waals surface area contributed by atoms with Crippen LogP contribution in [0, 0.1) is 16.0 Å². The Hall–Kier alpha value is -3.75. The molecule has 2 amide bonds. The number of hydrogen-bond acceptors (Lipinski definition) is 6. The van der Waals surface area contributed by atoms with Gasteiger partial charge in [-0.05, 0) is 47.9 Å². The molecule has 2 fully saturated rings. The lowest BCUT2D eigenvalue weighted by molar-refractivity contribution is -0.384. The lowest BCUT2D eigenvalue weighted by atomic mass is 9.90. The summed E-state index contributed by atoms with van der Waals surface area (Å²) in [6, 6.07) is 19.5. The summed E-state index contributed by atoms with van der Waals surface area (Å²) in [6.07, 6.45) is -0.206. The maximum absolute atomic E-state index is 13.6. The number of nitro groups is 1. The van der Waals surface area contributed by atoms with E-state index < -0.39 is 34.8 Å². The average Bonchev–Trinajstić information content (AvgIpc) is 3.36. The van der Waals surface area contributed by atoms with Gasteiger partial charge in [0.2, 0.25) is 5.91 Å². The number of fused-ring (bicyclic) bond motifs is 1. The van der Waals surface area contributed by atoms with Gasteiger partial charge in [-0.2, -0.15) is 0 Å². The molecule has 2 aliphatic heterocycles. The Balaban J connectivity index is 1.58. The van der Waals surface area contributed by atoms with E-state index in [0.717, 1.165) is 22.4 Å². The van der Waals surface area contributed by atoms with Crippen molar-refractivity contribution in [3.05, 3.63) is 99.1 Å². The number of benzene rings is 3. The van der Waals surface area contributed by atoms with Crippen LogP contribution in [0.15, 0.2) is 72.8 Å². The first-order valence-corrected chi connectivity index (χ1v) is 11.2. The molecule has 3 aromatic rings. The Morgan fingerprint density at radius 3 is 2.32 bits per heavy atom. The Morgan fingerprint density at radius 2 is 1.68 bits per heavy atom. The van der Waals surface area contributed by atoms with Crippen molar-refractivity contribution in [2.24, 2.45) is 5.92 Å². The summed E-state index contributed by atoms with van der Waals surface area (Å²) in [5.41, 5.74) is 2.60. The Morgan fingerprint density at radius 1 is 0.971 bits per heavy atom. The molecule has 0 spiro atoms. The Kier molecular flexibility index (Phi) is 5.55. The first-order valence-electron chi connectivity index (χ1n) is 10.8. The minimum atomic E-state index is -1.06. The van der Waals surface area contributed by atoms with Crippen molar-refractivity contribution < 1.29 is 19.3 Å². The van der Waals surface area contributed by atoms with Gasteiger partial charge < -0.3 is 0 Å². The number of imide groups is 1. The van der Waals surface area contributed by atoms with Crippen molar-refractivity contribution in [2.45, 2.75) is 25.5 Å². The molecule has 5 rings (SSSR count). The third-order valence-electron chi connectivity index (χ3n) is 6.22. The number of halogens is 1. The van der Waals surface area contributed by atoms with Crippen LogP contribution in [0.5, 0.6) is 0 Å². The van der Waals surface area contributed by atoms with E-state index in [0.29, 0.717) is 16.4 Å². The molecule has 34 heavy (non-hydrogen) atoms. The van der Waals surface area contributed by atoms with Crippen molar-refractivity contribution in [2.75, 3.05) is 9.96 Å². The van der Waals surface area contributed by atoms with E-state index in [-0.39, 0.29) is 5.69 Å². The van der Waals surface area contributed by atoms with Crippen LogP contribution in [0.25, 0.3) is 0 Å². The third-order valence-corrected chi connectivity index (χ3v) is 6.48. The molecule has 0 aliphatic carbocycles. The molecular weight excluding hydrogens is 458 g/mol. The molecule has 0 saturated carbocycles. The van der Waals surface area contributed by atoms with E-state index in [1.807, 2.05) is 31.2 Å². The summed E-state index contributed by atoms with van der Waals surface area (Å²) >= 11 is 5.97. The molecular formula is C25H20ClN3O5. The predicted molar refractivity (Wildman–Crippen MR) is 126 cm³/mol. The zero-order valence-corrected chi connectivity index (χ0v) is 18.9. The van der Waals surface area contributed by atoms with Gasteiger partial charge in [0.25, 0.3) is 11.6 Å². The quantitative estimate of drug-likeness (QED) is 0.296. The zero-order valence-electron chi connectivity index (χ0n) is 18.1. The van der Waals surface area contributed by atoms with Gasteiger partial charge >= 0.3 is 0 Å². The van der Waals surface area contributed by atoms with Crippen LogP contribution in [0.3, 0.4) is 0 Å². The summed E-state index contributed by atoms with van der Waals surface area (Å²) in [5.74, 6) is -1.70. The first kappa shape index (κ1) is 22.1. The van der Waals surface area contributed by atoms with Crippen LogP contribution in [-0.2, 0) is 20.8 Å². The highest BCUT2D eigenvalue weighted by molar-refractivity contribution is 6.31. The fraction of sp³-hybridized carbons (Fsp3) is 0.200. The summed E-state index contributed by atoms with van der Waals surface area (Å²) < 4.78 is 0. The van der Waals surface area contributed by atoms with Gasteiger partial charge in [-0.25, -0.2) is 9.96 Å². The number of nitrogens with zero attached hydrogens (tertiary/aromatic N) is 3. The highest BCUT2D eigenvalue weighted by Crippen LogP contribution is 2.48. The number of hydroxylamine groups is 1. The lowest BCUT2D eigenvalue weighted by Gasteiger charge is -2.28. The van der Waals surface area contributed by atoms with E-state index >= 15 is 0 Å². The normalized spacial score (nSPS) is 21.8. The monoisotopic (exact) mass is 477 g/mol. The average molecular weight is 478 g/mol. The number of rotatable bonds is 5. The van der Waals surface area contributed by atoms with E-state index in [9.17, 15) is 19.7 Å². The molecule has 0 unspecified atom stereocenters. The number of carbonyl (C=O) groups is 2. The van der Waals surface area contributed by atoms with Gasteiger partial charge in [0.1, 0.15) is 5.92 Å². The van der Waals surface area contributed by atoms with Crippen LogP contribution in [0.1, 0.15) is 24.1 Å². The fourth-order valence-electron chi connectivity index (χ4n) is 4.52. The SMILES string of the molecule is CCc1ccc([C@H]2[C@H]3C(=O)N(c4ccc(Cl)cc4)C(=O)[C@H]3ON2c2cccc([N+](=O)[O-])c2)cc1. The number of non-ortho nitro benzene ring substituents is 1. The lowest BCUT2D eigenvalue weighted by Crippen LogP contribution is -2.37. The van der Waals surface area contributed by atoms with Crippen molar-refractivity contribution in [3.8, 4) is 0 Å². The highest BCUT2D eigenvalue weighted by Gasteiger charge is 2.60. The minimum absolute atomic E-state index is 0.112. The number of nitro benzene ring substituents is 1. The predicted octanol–water partition coefficient (Wildman–Crippen LogP) is 4.86. The molecule has 2 heterocycles. The molecule has 9 heteroatoms. The smallest absolute Gasteiger partial charge is 0.271 e. The Bertz CT molecular complexity index is 1280. The number of amides is 2. The molecule has 2 saturated heterocycles. The van der Waals surface area contributed by atoms with Gasteiger partial charge in [-0.15, -0.1) is 0 Å². The molecule has 3 atom stereocenters. The standard InChI is InChI=1S/C25H20ClN3O5/c1-2-15-6-8-16(9-7-15)22-21-23(34-28(22)19-4-3-5-20(14-19)29(32)33)25(31)27(24(21)30)18-12-10-17(26)11-13-18/h3-14,21-23H,2H2,1H3/t21-,22+,23+/m1/s1. The fourth-order valence-corrected chi connectivity index (χ4v) is 4.64. The van der Waals surface area contributed by atoms with Crippen molar-refractivity contribution in [1.29, 1.82) is 0 Å². The highest BCUT2D eigenvalue weighted by atomic mass is 35.5. The summed E-state index contributed by atoms with van der Waals surface area (Å²) in [7, 11) is 0. The molecule has 172 valence electrons. The van der Waals surface area contributed by atoms with Crippen LogP contribution < -0.4 is 9.96 Å². The number of hydrogen-bond donors (Lipinski definition) is 0. The second kappa shape index (κ2) is 8.55. The molecule has 0 radical (unpaired) electrons. The van der Waals surface area contributed by atoms with Crippen LogP contribution >= 0.6 is 11.6 Å². The summed E-state index contributed by atoms with van der Waals surface area (Å²) in [5, 5.41) is 13.3. The van der Waals surface area contributed by atoms with Gasteiger partial charge in [-0.3, -0.25) is 24.5 Å². The number of aryl methyl sites for hydroxylation is 1. The molecule has 0 N–H and O–H groups in total. The number of anilines is 2. The molecule has 2 aliphatic rings. The first-order chi connectivity index (χ1) is 16.4. The maximum atomic E-state index is 13.6. The summed E-state index contributed by atoms with van der Waals surface area (Å²) in [6.45, 7) is 2.04. The molecule has 3 aromatic carbocycles. The molecule has 0 aromatic heterocycles. The zero-order chi connectivity index (χ0) is 24.0. The van der Waals surface area contributed by atoms with Crippen LogP contribution in [0.2, 0.25) is 5.02 Å².